The summed E-state index contributed by atoms with van der Waals surface area (Å²) >= 11 is 1.38. The number of nitrogens with zero attached hydrogens (tertiary/aromatic N) is 1. The van der Waals surface area contributed by atoms with E-state index in [1.54, 1.807) is 0 Å². The van der Waals surface area contributed by atoms with E-state index >= 15 is 0 Å². The van der Waals surface area contributed by atoms with Crippen molar-refractivity contribution in [1.82, 2.24) is 10.3 Å². The average molecular weight is 432 g/mol. The molecular formula is C24H21N3O3S. The fraction of sp³-hybridized carbons (Fsp3) is 0.125. The molecule has 0 radical (unpaired) electrons. The Kier molecular flexibility index (Phi) is 6.54. The van der Waals surface area contributed by atoms with E-state index < -0.39 is 0 Å². The lowest BCUT2D eigenvalue weighted by atomic mass is 10.1. The van der Waals surface area contributed by atoms with Gasteiger partial charge >= 0.3 is 0 Å². The lowest BCUT2D eigenvalue weighted by Gasteiger charge is -2.05. The zero-order chi connectivity index (χ0) is 21.5. The van der Waals surface area contributed by atoms with Crippen molar-refractivity contribution >= 4 is 38.5 Å². The summed E-state index contributed by atoms with van der Waals surface area (Å²) in [5.74, 6) is 1.17. The number of hydrogen-bond donors (Lipinski definition) is 2. The van der Waals surface area contributed by atoms with Crippen LogP contribution in [0.3, 0.4) is 0 Å². The Morgan fingerprint density at radius 2 is 1.61 bits per heavy atom. The molecule has 0 fully saturated rings. The van der Waals surface area contributed by atoms with E-state index in [9.17, 15) is 9.59 Å². The predicted molar refractivity (Wildman–Crippen MR) is 123 cm³/mol. The van der Waals surface area contributed by atoms with Gasteiger partial charge in [0.05, 0.1) is 16.6 Å². The summed E-state index contributed by atoms with van der Waals surface area (Å²) in [5, 5.41) is 6.09. The van der Waals surface area contributed by atoms with Crippen LogP contribution in [0.15, 0.2) is 78.9 Å². The van der Waals surface area contributed by atoms with Crippen molar-refractivity contribution in [2.24, 2.45) is 0 Å². The van der Waals surface area contributed by atoms with Crippen molar-refractivity contribution < 1.29 is 14.3 Å². The summed E-state index contributed by atoms with van der Waals surface area (Å²) < 4.78 is 6.76. The molecule has 0 aliphatic rings. The van der Waals surface area contributed by atoms with E-state index in [1.807, 2.05) is 78.9 Å². The second-order valence-corrected chi connectivity index (χ2v) is 7.90. The summed E-state index contributed by atoms with van der Waals surface area (Å²) in [6.45, 7) is 0.275. The van der Waals surface area contributed by atoms with Gasteiger partial charge in [-0.2, -0.15) is 0 Å². The number of benzene rings is 3. The number of amides is 2. The minimum Gasteiger partial charge on any atom is -0.457 e. The second kappa shape index (κ2) is 9.86. The molecule has 31 heavy (non-hydrogen) atoms. The van der Waals surface area contributed by atoms with Crippen molar-refractivity contribution in [2.75, 3.05) is 11.9 Å². The van der Waals surface area contributed by atoms with Gasteiger partial charge in [0.15, 0.2) is 5.13 Å². The van der Waals surface area contributed by atoms with Gasteiger partial charge in [-0.15, -0.1) is 0 Å². The van der Waals surface area contributed by atoms with Crippen LogP contribution in [0.4, 0.5) is 5.13 Å². The number of aromatic nitrogens is 1. The van der Waals surface area contributed by atoms with Gasteiger partial charge in [-0.05, 0) is 29.8 Å². The Hall–Kier alpha value is -3.71. The number of carbonyl (C=O) groups is 2. The van der Waals surface area contributed by atoms with Crippen molar-refractivity contribution in [3.05, 3.63) is 84.4 Å². The number of fused-ring (bicyclic) bond motifs is 1. The van der Waals surface area contributed by atoms with Crippen molar-refractivity contribution in [3.63, 3.8) is 0 Å². The normalized spacial score (nSPS) is 10.6. The van der Waals surface area contributed by atoms with Crippen molar-refractivity contribution in [1.29, 1.82) is 0 Å². The molecule has 0 unspecified atom stereocenters. The zero-order valence-corrected chi connectivity index (χ0v) is 17.5. The Morgan fingerprint density at radius 3 is 2.39 bits per heavy atom. The molecule has 0 bridgehead atoms. The number of hydrogen-bond acceptors (Lipinski definition) is 5. The zero-order valence-electron chi connectivity index (χ0n) is 16.7. The maximum atomic E-state index is 12.2. The third kappa shape index (κ3) is 5.90. The molecule has 3 aromatic carbocycles. The summed E-state index contributed by atoms with van der Waals surface area (Å²) in [4.78, 5) is 28.6. The van der Waals surface area contributed by atoms with Gasteiger partial charge in [0.2, 0.25) is 11.8 Å². The van der Waals surface area contributed by atoms with Crippen LogP contribution in [0.25, 0.3) is 10.2 Å². The summed E-state index contributed by atoms with van der Waals surface area (Å²) in [6.07, 6.45) is 0.479. The van der Waals surface area contributed by atoms with Crippen LogP contribution in [-0.2, 0) is 16.0 Å². The van der Waals surface area contributed by atoms with Crippen LogP contribution >= 0.6 is 11.3 Å². The molecule has 4 aromatic rings. The first-order valence-corrected chi connectivity index (χ1v) is 10.7. The van der Waals surface area contributed by atoms with Gasteiger partial charge in [-0.25, -0.2) is 4.98 Å². The molecular weight excluding hydrogens is 410 g/mol. The molecule has 0 aliphatic carbocycles. The van der Waals surface area contributed by atoms with Gasteiger partial charge in [0.1, 0.15) is 11.5 Å². The topological polar surface area (TPSA) is 80.3 Å². The number of rotatable bonds is 8. The van der Waals surface area contributed by atoms with Gasteiger partial charge in [-0.3, -0.25) is 9.59 Å². The van der Waals surface area contributed by atoms with Crippen molar-refractivity contribution in [2.45, 2.75) is 12.8 Å². The highest BCUT2D eigenvalue weighted by atomic mass is 32.1. The highest BCUT2D eigenvalue weighted by Gasteiger charge is 2.10. The standard InChI is InChI=1S/C24H21N3O3S/c28-22(13-14-25-23(29)15-17-7-3-1-4-8-17)27-24-26-20-12-11-19(16-21(20)31-24)30-18-9-5-2-6-10-18/h1-12,16H,13-15H2,(H,25,29)(H,26,27,28). The SMILES string of the molecule is O=C(Cc1ccccc1)NCCC(=O)Nc1nc2ccc(Oc3ccccc3)cc2s1. The molecule has 2 N–H and O–H groups in total. The van der Waals surface area contributed by atoms with Crippen LogP contribution in [0.2, 0.25) is 0 Å². The van der Waals surface area contributed by atoms with Crippen LogP contribution < -0.4 is 15.4 Å². The summed E-state index contributed by atoms with van der Waals surface area (Å²) in [7, 11) is 0. The molecule has 1 heterocycles. The van der Waals surface area contributed by atoms with Gasteiger partial charge in [0, 0.05) is 19.0 Å². The number of ether oxygens (including phenoxy) is 1. The van der Waals surface area contributed by atoms with Crippen LogP contribution in [0, 0.1) is 0 Å². The molecule has 2 amide bonds. The van der Waals surface area contributed by atoms with Crippen LogP contribution in [-0.4, -0.2) is 23.3 Å². The molecule has 0 spiro atoms. The number of carbonyl (C=O) groups excluding carboxylic acids is 2. The molecule has 0 saturated carbocycles. The molecule has 1 aromatic heterocycles. The number of para-hydroxylation sites is 1. The van der Waals surface area contributed by atoms with E-state index in [0.717, 1.165) is 21.5 Å². The van der Waals surface area contributed by atoms with Crippen LogP contribution in [0.5, 0.6) is 11.5 Å². The molecule has 0 atom stereocenters. The predicted octanol–water partition coefficient (Wildman–Crippen LogP) is 4.78. The highest BCUT2D eigenvalue weighted by molar-refractivity contribution is 7.22. The largest absolute Gasteiger partial charge is 0.457 e. The van der Waals surface area contributed by atoms with Gasteiger partial charge in [-0.1, -0.05) is 59.9 Å². The first-order chi connectivity index (χ1) is 15.2. The third-order valence-corrected chi connectivity index (χ3v) is 5.40. The Bertz CT molecular complexity index is 1180. The van der Waals surface area contributed by atoms with E-state index in [4.69, 9.17) is 4.74 Å². The quantitative estimate of drug-likeness (QED) is 0.421. The van der Waals surface area contributed by atoms with Crippen LogP contribution in [0.1, 0.15) is 12.0 Å². The monoisotopic (exact) mass is 431 g/mol. The summed E-state index contributed by atoms with van der Waals surface area (Å²) in [6, 6.07) is 24.7. The van der Waals surface area contributed by atoms with E-state index in [2.05, 4.69) is 15.6 Å². The lowest BCUT2D eigenvalue weighted by Crippen LogP contribution is -2.28. The maximum Gasteiger partial charge on any atom is 0.227 e. The first kappa shape index (κ1) is 20.6. The van der Waals surface area contributed by atoms with Gasteiger partial charge in [0.25, 0.3) is 0 Å². The van der Waals surface area contributed by atoms with Crippen molar-refractivity contribution in [3.8, 4) is 11.5 Å². The Balaban J connectivity index is 1.28. The molecule has 7 heteroatoms. The number of nitrogens with one attached hydrogen (secondary N) is 2. The highest BCUT2D eigenvalue weighted by Crippen LogP contribution is 2.31. The first-order valence-electron chi connectivity index (χ1n) is 9.90. The summed E-state index contributed by atoms with van der Waals surface area (Å²) in [5.41, 5.74) is 1.73. The minimum absolute atomic E-state index is 0.107. The lowest BCUT2D eigenvalue weighted by molar-refractivity contribution is -0.120. The van der Waals surface area contributed by atoms with E-state index in [0.29, 0.717) is 17.3 Å². The number of anilines is 1. The Labute approximate surface area is 183 Å². The fourth-order valence-electron chi connectivity index (χ4n) is 2.99. The molecule has 4 rings (SSSR count). The smallest absolute Gasteiger partial charge is 0.227 e. The maximum absolute atomic E-state index is 12.2. The second-order valence-electron chi connectivity index (χ2n) is 6.87. The molecule has 0 aliphatic heterocycles. The van der Waals surface area contributed by atoms with Gasteiger partial charge < -0.3 is 15.4 Å². The van der Waals surface area contributed by atoms with E-state index in [1.165, 1.54) is 11.3 Å². The molecule has 6 nitrogen and oxygen atoms in total. The minimum atomic E-state index is -0.195. The molecule has 156 valence electrons. The number of thiazole rings is 1. The third-order valence-electron chi connectivity index (χ3n) is 4.47. The average Bonchev–Trinajstić information content (AvgIpc) is 3.16. The Morgan fingerprint density at radius 1 is 0.871 bits per heavy atom. The molecule has 0 saturated heterocycles. The van der Waals surface area contributed by atoms with E-state index in [-0.39, 0.29) is 24.8 Å². The fourth-order valence-corrected chi connectivity index (χ4v) is 3.90.